The highest BCUT2D eigenvalue weighted by Crippen LogP contribution is 2.38. The molecule has 4 aromatic rings. The second kappa shape index (κ2) is 11.4. The Balaban J connectivity index is 1.09. The van der Waals surface area contributed by atoms with Crippen LogP contribution in [0.2, 0.25) is 0 Å². The van der Waals surface area contributed by atoms with Gasteiger partial charge in [-0.3, -0.25) is 0 Å². The minimum Gasteiger partial charge on any atom is -0.390 e. The highest BCUT2D eigenvalue weighted by molar-refractivity contribution is 7.88. The highest BCUT2D eigenvalue weighted by atomic mass is 32.2. The lowest BCUT2D eigenvalue weighted by atomic mass is 9.87. The van der Waals surface area contributed by atoms with E-state index in [1.165, 1.54) is 22.5 Å². The fraction of sp³-hybridized carbons (Fsp3) is 0.600. The summed E-state index contributed by atoms with van der Waals surface area (Å²) in [6.07, 6.45) is 6.83. The summed E-state index contributed by atoms with van der Waals surface area (Å²) in [7, 11) is -3.53. The van der Waals surface area contributed by atoms with E-state index in [2.05, 4.69) is 64.2 Å². The number of aromatic amines is 1. The van der Waals surface area contributed by atoms with E-state index in [1.807, 2.05) is 0 Å². The number of sulfonamides is 1. The van der Waals surface area contributed by atoms with Gasteiger partial charge in [0.05, 0.1) is 35.8 Å². The molecule has 0 spiro atoms. The number of aliphatic hydroxyl groups excluding tert-OH is 2. The number of unbranched alkanes of at least 4 members (excludes halogenated alkanes) is 1. The molecule has 4 atom stereocenters. The number of aliphatic hydroxyl groups is 2. The average molecular weight is 611 g/mol. The van der Waals surface area contributed by atoms with Gasteiger partial charge in [-0.2, -0.15) is 0 Å². The molecular formula is C30H42N8O4S. The van der Waals surface area contributed by atoms with E-state index in [1.54, 1.807) is 10.9 Å². The molecule has 0 saturated heterocycles. The summed E-state index contributed by atoms with van der Waals surface area (Å²) in [5.74, 6) is 1.11. The number of rotatable bonds is 11. The van der Waals surface area contributed by atoms with Gasteiger partial charge in [-0.05, 0) is 55.2 Å². The van der Waals surface area contributed by atoms with E-state index in [0.29, 0.717) is 48.8 Å². The molecule has 2 saturated carbocycles. The third-order valence-corrected chi connectivity index (χ3v) is 10.1. The van der Waals surface area contributed by atoms with E-state index in [9.17, 15) is 18.6 Å². The van der Waals surface area contributed by atoms with Crippen LogP contribution in [0.3, 0.4) is 0 Å². The predicted molar refractivity (Wildman–Crippen MR) is 165 cm³/mol. The Hall–Kier alpha value is -3.13. The third-order valence-electron chi connectivity index (χ3n) is 8.78. The van der Waals surface area contributed by atoms with Crippen LogP contribution < -0.4 is 5.32 Å². The van der Waals surface area contributed by atoms with Gasteiger partial charge in [-0.1, -0.05) is 26.8 Å². The monoisotopic (exact) mass is 610 g/mol. The summed E-state index contributed by atoms with van der Waals surface area (Å²) in [6.45, 7) is 6.99. The highest BCUT2D eigenvalue weighted by Gasteiger charge is 2.44. The molecule has 12 nitrogen and oxygen atoms in total. The van der Waals surface area contributed by atoms with Crippen molar-refractivity contribution in [1.82, 2.24) is 33.8 Å². The largest absolute Gasteiger partial charge is 0.390 e. The number of nitrogens with zero attached hydrogens (tertiary/aromatic N) is 6. The second-order valence-electron chi connectivity index (χ2n) is 13.3. The van der Waals surface area contributed by atoms with Crippen molar-refractivity contribution in [3.05, 3.63) is 42.2 Å². The first kappa shape index (κ1) is 29.9. The first-order chi connectivity index (χ1) is 20.4. The zero-order valence-corrected chi connectivity index (χ0v) is 26.0. The number of anilines is 1. The molecule has 232 valence electrons. The van der Waals surface area contributed by atoms with E-state index in [0.717, 1.165) is 36.1 Å². The van der Waals surface area contributed by atoms with Gasteiger partial charge in [0.2, 0.25) is 10.0 Å². The van der Waals surface area contributed by atoms with E-state index in [-0.39, 0.29) is 12.0 Å². The summed E-state index contributed by atoms with van der Waals surface area (Å²) in [5, 5.41) is 25.4. The standard InChI is InChI=1S/C30H42N8O4S/c1-30(2,3)19-8-11-21-22(14-19)36-24(35-21)7-5-6-12-37(43(4,41)42)15-18-13-23(27(40)26(18)39)38-17-33-25-28(34-20-9-10-20)31-16-32-29(25)38/h8,11,14,16-18,20,23,26-27,39-40H,5-7,9-10,12-13,15H2,1-4H3,(H,35,36)(H,31,32,34)/t18-,23-,26-,27+/m1/s1. The number of hydrogen-bond acceptors (Lipinski definition) is 9. The van der Waals surface area contributed by atoms with Crippen LogP contribution in [0.25, 0.3) is 22.2 Å². The number of aryl methyl sites for hydroxylation is 1. The van der Waals surface area contributed by atoms with Crippen molar-refractivity contribution in [3.63, 3.8) is 0 Å². The van der Waals surface area contributed by atoms with Crippen molar-refractivity contribution in [2.24, 2.45) is 5.92 Å². The van der Waals surface area contributed by atoms with Crippen molar-refractivity contribution < 1.29 is 18.6 Å². The van der Waals surface area contributed by atoms with Gasteiger partial charge in [0.25, 0.3) is 0 Å². The van der Waals surface area contributed by atoms with Crippen LogP contribution >= 0.6 is 0 Å². The number of H-pyrrole nitrogens is 1. The molecule has 3 aromatic heterocycles. The quantitative estimate of drug-likeness (QED) is 0.187. The molecule has 13 heteroatoms. The van der Waals surface area contributed by atoms with Gasteiger partial charge in [0, 0.05) is 31.5 Å². The molecule has 0 bridgehead atoms. The van der Waals surface area contributed by atoms with Crippen molar-refractivity contribution >= 4 is 38.0 Å². The first-order valence-corrected chi connectivity index (χ1v) is 17.0. The van der Waals surface area contributed by atoms with Gasteiger partial charge in [0.1, 0.15) is 23.8 Å². The zero-order chi connectivity index (χ0) is 30.5. The molecule has 0 unspecified atom stereocenters. The molecule has 0 amide bonds. The van der Waals surface area contributed by atoms with Gasteiger partial charge in [0.15, 0.2) is 11.5 Å². The van der Waals surface area contributed by atoms with Crippen LogP contribution in [-0.2, 0) is 21.9 Å². The lowest BCUT2D eigenvalue weighted by molar-refractivity contribution is 0.00396. The number of aromatic nitrogens is 6. The number of nitrogens with one attached hydrogen (secondary N) is 2. The SMILES string of the molecule is CC(C)(C)c1ccc2[nH]c(CCCCN(C[C@H]3C[C@@H](n4cnc5c(NC6CC6)ncnc54)[C@H](O)[C@@H]3O)S(C)(=O)=O)nc2c1. The number of imidazole rings is 2. The molecule has 2 aliphatic rings. The molecule has 2 aliphatic carbocycles. The summed E-state index contributed by atoms with van der Waals surface area (Å²) >= 11 is 0. The molecule has 1 aromatic carbocycles. The van der Waals surface area contributed by atoms with Crippen molar-refractivity contribution in [3.8, 4) is 0 Å². The first-order valence-electron chi connectivity index (χ1n) is 15.1. The molecule has 3 heterocycles. The summed E-state index contributed by atoms with van der Waals surface area (Å²) in [5.41, 5.74) is 4.41. The van der Waals surface area contributed by atoms with Crippen LogP contribution in [0.1, 0.15) is 70.3 Å². The van der Waals surface area contributed by atoms with Crippen LogP contribution in [0, 0.1) is 5.92 Å². The van der Waals surface area contributed by atoms with Crippen LogP contribution in [-0.4, -0.2) is 90.0 Å². The van der Waals surface area contributed by atoms with Gasteiger partial charge in [-0.15, -0.1) is 0 Å². The molecule has 0 aliphatic heterocycles. The predicted octanol–water partition coefficient (Wildman–Crippen LogP) is 3.14. The number of fused-ring (bicyclic) bond motifs is 2. The Morgan fingerprint density at radius 1 is 1.12 bits per heavy atom. The van der Waals surface area contributed by atoms with Gasteiger partial charge >= 0.3 is 0 Å². The van der Waals surface area contributed by atoms with Crippen LogP contribution in [0.15, 0.2) is 30.9 Å². The molecular weight excluding hydrogens is 568 g/mol. The molecule has 6 rings (SSSR count). The average Bonchev–Trinajstić information content (AvgIpc) is 3.39. The summed E-state index contributed by atoms with van der Waals surface area (Å²) in [6, 6.07) is 6.23. The summed E-state index contributed by atoms with van der Waals surface area (Å²) < 4.78 is 28.7. The van der Waals surface area contributed by atoms with Crippen LogP contribution in [0.4, 0.5) is 5.82 Å². The van der Waals surface area contributed by atoms with E-state index < -0.39 is 34.2 Å². The Labute approximate surface area is 252 Å². The third kappa shape index (κ3) is 6.40. The Morgan fingerprint density at radius 2 is 1.91 bits per heavy atom. The maximum atomic E-state index is 12.7. The van der Waals surface area contributed by atoms with Gasteiger partial charge in [-0.25, -0.2) is 32.7 Å². The Kier molecular flexibility index (Phi) is 7.95. The fourth-order valence-electron chi connectivity index (χ4n) is 6.06. The molecule has 2 fully saturated rings. The maximum absolute atomic E-state index is 12.7. The Morgan fingerprint density at radius 3 is 2.63 bits per heavy atom. The molecule has 0 radical (unpaired) electrons. The fourth-order valence-corrected chi connectivity index (χ4v) is 6.98. The minimum atomic E-state index is -3.53. The minimum absolute atomic E-state index is 0.0445. The number of hydrogen-bond donors (Lipinski definition) is 4. The lowest BCUT2D eigenvalue weighted by Gasteiger charge is -2.25. The van der Waals surface area contributed by atoms with Gasteiger partial charge < -0.3 is 25.1 Å². The van der Waals surface area contributed by atoms with Crippen molar-refractivity contribution in [1.29, 1.82) is 0 Å². The second-order valence-corrected chi connectivity index (χ2v) is 15.2. The maximum Gasteiger partial charge on any atom is 0.211 e. The lowest BCUT2D eigenvalue weighted by Crippen LogP contribution is -2.39. The van der Waals surface area contributed by atoms with Crippen molar-refractivity contribution in [2.75, 3.05) is 24.7 Å². The van der Waals surface area contributed by atoms with E-state index in [4.69, 9.17) is 4.98 Å². The van der Waals surface area contributed by atoms with E-state index >= 15 is 0 Å². The molecule has 4 N–H and O–H groups in total. The summed E-state index contributed by atoms with van der Waals surface area (Å²) in [4.78, 5) is 21.4. The van der Waals surface area contributed by atoms with Crippen LogP contribution in [0.5, 0.6) is 0 Å². The zero-order valence-electron chi connectivity index (χ0n) is 25.2. The normalized spacial score (nSPS) is 23.1. The Bertz CT molecular complexity index is 1710. The number of benzene rings is 1. The smallest absolute Gasteiger partial charge is 0.211 e. The molecule has 43 heavy (non-hydrogen) atoms. The van der Waals surface area contributed by atoms with Crippen molar-refractivity contribution in [2.45, 2.75) is 89.0 Å². The topological polar surface area (TPSA) is 162 Å².